The van der Waals surface area contributed by atoms with E-state index in [1.165, 1.54) is 0 Å². The fraction of sp³-hybridized carbons (Fsp3) is 0.421. The fourth-order valence-electron chi connectivity index (χ4n) is 2.56. The maximum atomic E-state index is 8.39. The summed E-state index contributed by atoms with van der Waals surface area (Å²) >= 11 is 1.59. The first kappa shape index (κ1) is 21.0. The van der Waals surface area contributed by atoms with Crippen LogP contribution in [-0.4, -0.2) is 33.1 Å². The molecule has 2 aromatic rings. The van der Waals surface area contributed by atoms with Crippen LogP contribution in [0.25, 0.3) is 0 Å². The van der Waals surface area contributed by atoms with Gasteiger partial charge in [0.05, 0.1) is 12.6 Å². The van der Waals surface area contributed by atoms with Gasteiger partial charge < -0.3 is 20.8 Å². The van der Waals surface area contributed by atoms with Crippen LogP contribution >= 0.6 is 11.8 Å². The molecule has 0 fully saturated rings. The Labute approximate surface area is 164 Å². The molecule has 0 unspecified atom stereocenters. The lowest BCUT2D eigenvalue weighted by atomic mass is 10.1. The smallest absolute Gasteiger partial charge is 0.233 e. The molecule has 1 aromatic heterocycles. The van der Waals surface area contributed by atoms with Gasteiger partial charge in [-0.1, -0.05) is 43.0 Å². The van der Waals surface area contributed by atoms with Gasteiger partial charge in [-0.25, -0.2) is 4.98 Å². The van der Waals surface area contributed by atoms with Gasteiger partial charge in [-0.2, -0.15) is 0 Å². The van der Waals surface area contributed by atoms with Crippen molar-refractivity contribution in [1.29, 1.82) is 10.8 Å². The number of nitrogen functional groups attached to an aromatic ring is 1. The number of ether oxygens (including phenoxy) is 1. The summed E-state index contributed by atoms with van der Waals surface area (Å²) in [6, 6.07) is 8.01. The molecule has 0 spiro atoms. The molecule has 0 radical (unpaired) electrons. The lowest BCUT2D eigenvalue weighted by Crippen LogP contribution is -2.22. The predicted molar refractivity (Wildman–Crippen MR) is 111 cm³/mol. The Hall–Kier alpha value is -2.32. The summed E-state index contributed by atoms with van der Waals surface area (Å²) in [6.45, 7) is 6.83. The highest BCUT2D eigenvalue weighted by Gasteiger charge is 2.24. The third-order valence-corrected chi connectivity index (χ3v) is 4.97. The minimum Gasteiger partial charge on any atom is -0.474 e. The Morgan fingerprint density at radius 3 is 2.37 bits per heavy atom. The quantitative estimate of drug-likeness (QED) is 0.298. The molecule has 0 aliphatic rings. The van der Waals surface area contributed by atoms with E-state index in [1.807, 2.05) is 42.7 Å². The Morgan fingerprint density at radius 2 is 1.85 bits per heavy atom. The number of rotatable bonds is 9. The van der Waals surface area contributed by atoms with Crippen molar-refractivity contribution in [2.45, 2.75) is 51.5 Å². The highest BCUT2D eigenvalue weighted by Crippen LogP contribution is 2.25. The number of hydrogen-bond donors (Lipinski definition) is 4. The molecule has 6 N–H and O–H groups in total. The molecule has 2 rings (SSSR count). The summed E-state index contributed by atoms with van der Waals surface area (Å²) in [5.74, 6) is 0.695. The summed E-state index contributed by atoms with van der Waals surface area (Å²) in [5, 5.41) is 17.0. The normalized spacial score (nSPS) is 11.0. The number of nitrogens with one attached hydrogen (secondary N) is 2. The maximum Gasteiger partial charge on any atom is 0.233 e. The molecule has 1 aromatic carbocycles. The minimum atomic E-state index is -0.169. The molecule has 0 amide bonds. The van der Waals surface area contributed by atoms with Crippen molar-refractivity contribution in [2.24, 2.45) is 11.5 Å². The van der Waals surface area contributed by atoms with Crippen LogP contribution in [0.3, 0.4) is 0 Å². The Balaban J connectivity index is 2.51. The van der Waals surface area contributed by atoms with Gasteiger partial charge in [0.15, 0.2) is 5.16 Å². The van der Waals surface area contributed by atoms with Crippen molar-refractivity contribution in [3.63, 3.8) is 0 Å². The number of aromatic nitrogens is 2. The van der Waals surface area contributed by atoms with Gasteiger partial charge in [0, 0.05) is 12.3 Å². The molecule has 0 bridgehead atoms. The van der Waals surface area contributed by atoms with Crippen LogP contribution in [-0.2, 0) is 17.8 Å². The first-order valence-electron chi connectivity index (χ1n) is 8.98. The number of nitrogens with two attached hydrogens (primary N) is 2. The molecular weight excluding hydrogens is 360 g/mol. The Kier molecular flexibility index (Phi) is 7.44. The van der Waals surface area contributed by atoms with E-state index in [2.05, 4.69) is 11.9 Å². The third-order valence-electron chi connectivity index (χ3n) is 3.79. The standard InChI is InChI=1S/C19H28N6OS/c1-4-9-27-19-24-15(17(21)22)16(18(23)26-12(2)3)25(19)11-14-7-5-13(10-20)6-8-14/h5-8,12,23H,4,9-11,20H2,1-3H3,(H3,21,22). The van der Waals surface area contributed by atoms with E-state index in [0.29, 0.717) is 18.8 Å². The first-order valence-corrected chi connectivity index (χ1v) is 9.97. The zero-order chi connectivity index (χ0) is 20.0. The molecule has 1 heterocycles. The second-order valence-corrected chi connectivity index (χ2v) is 7.52. The maximum absolute atomic E-state index is 8.39. The van der Waals surface area contributed by atoms with E-state index in [0.717, 1.165) is 28.5 Å². The average molecular weight is 389 g/mol. The molecule has 0 saturated carbocycles. The molecule has 0 aliphatic heterocycles. The van der Waals surface area contributed by atoms with Crippen molar-refractivity contribution in [3.05, 3.63) is 46.8 Å². The molecule has 0 atom stereocenters. The van der Waals surface area contributed by atoms with Gasteiger partial charge >= 0.3 is 0 Å². The van der Waals surface area contributed by atoms with E-state index < -0.39 is 0 Å². The summed E-state index contributed by atoms with van der Waals surface area (Å²) in [5.41, 5.74) is 14.3. The zero-order valence-electron chi connectivity index (χ0n) is 16.1. The molecule has 0 aliphatic carbocycles. The third kappa shape index (κ3) is 5.33. The van der Waals surface area contributed by atoms with E-state index in [1.54, 1.807) is 11.8 Å². The summed E-state index contributed by atoms with van der Waals surface area (Å²) in [6.07, 6.45) is 0.837. The number of benzene rings is 1. The Bertz CT molecular complexity index is 797. The van der Waals surface area contributed by atoms with E-state index in [-0.39, 0.29) is 23.5 Å². The monoisotopic (exact) mass is 388 g/mol. The van der Waals surface area contributed by atoms with Crippen LogP contribution in [0.1, 0.15) is 49.7 Å². The summed E-state index contributed by atoms with van der Waals surface area (Å²) in [7, 11) is 0. The number of imidazole rings is 1. The number of nitrogens with zero attached hydrogens (tertiary/aromatic N) is 2. The lowest BCUT2D eigenvalue weighted by Gasteiger charge is -2.16. The van der Waals surface area contributed by atoms with Crippen LogP contribution in [0.2, 0.25) is 0 Å². The highest BCUT2D eigenvalue weighted by atomic mass is 32.2. The van der Waals surface area contributed by atoms with Gasteiger partial charge in [0.25, 0.3) is 0 Å². The van der Waals surface area contributed by atoms with Gasteiger partial charge in [-0.3, -0.25) is 10.8 Å². The van der Waals surface area contributed by atoms with E-state index in [4.69, 9.17) is 27.0 Å². The van der Waals surface area contributed by atoms with Crippen molar-refractivity contribution < 1.29 is 4.74 Å². The molecule has 146 valence electrons. The molecule has 8 heteroatoms. The number of thioether (sulfide) groups is 1. The molecule has 7 nitrogen and oxygen atoms in total. The van der Waals surface area contributed by atoms with Crippen LogP contribution in [0.4, 0.5) is 0 Å². The number of amidine groups is 1. The molecule has 27 heavy (non-hydrogen) atoms. The van der Waals surface area contributed by atoms with Gasteiger partial charge in [0.2, 0.25) is 5.90 Å². The highest BCUT2D eigenvalue weighted by molar-refractivity contribution is 7.99. The fourth-order valence-corrected chi connectivity index (χ4v) is 3.41. The van der Waals surface area contributed by atoms with Crippen LogP contribution in [0.5, 0.6) is 0 Å². The topological polar surface area (TPSA) is 127 Å². The van der Waals surface area contributed by atoms with Crippen LogP contribution in [0, 0.1) is 10.8 Å². The zero-order valence-corrected chi connectivity index (χ0v) is 16.9. The van der Waals surface area contributed by atoms with E-state index >= 15 is 0 Å². The summed E-state index contributed by atoms with van der Waals surface area (Å²) < 4.78 is 7.52. The Morgan fingerprint density at radius 1 is 1.22 bits per heavy atom. The lowest BCUT2D eigenvalue weighted by molar-refractivity contribution is 0.225. The van der Waals surface area contributed by atoms with Crippen molar-refractivity contribution >= 4 is 23.5 Å². The SMILES string of the molecule is CCCSc1nc(C(=N)N)c(C(=N)OC(C)C)n1Cc1ccc(CN)cc1. The average Bonchev–Trinajstić information content (AvgIpc) is 2.98. The molecule has 0 saturated heterocycles. The van der Waals surface area contributed by atoms with Crippen LogP contribution < -0.4 is 11.5 Å². The van der Waals surface area contributed by atoms with Crippen molar-refractivity contribution in [3.8, 4) is 0 Å². The van der Waals surface area contributed by atoms with Crippen molar-refractivity contribution in [2.75, 3.05) is 5.75 Å². The van der Waals surface area contributed by atoms with E-state index in [9.17, 15) is 0 Å². The van der Waals surface area contributed by atoms with Crippen LogP contribution in [0.15, 0.2) is 29.4 Å². The second-order valence-electron chi connectivity index (χ2n) is 6.46. The van der Waals surface area contributed by atoms with Gasteiger partial charge in [-0.05, 0) is 31.4 Å². The van der Waals surface area contributed by atoms with Gasteiger partial charge in [-0.15, -0.1) is 0 Å². The first-order chi connectivity index (χ1) is 12.9. The minimum absolute atomic E-state index is 0.0235. The largest absolute Gasteiger partial charge is 0.474 e. The van der Waals surface area contributed by atoms with Crippen molar-refractivity contribution in [1.82, 2.24) is 9.55 Å². The molecular formula is C19H28N6OS. The second kappa shape index (κ2) is 9.57. The summed E-state index contributed by atoms with van der Waals surface area (Å²) in [4.78, 5) is 4.54. The number of hydrogen-bond acceptors (Lipinski definition) is 6. The predicted octanol–water partition coefficient (Wildman–Crippen LogP) is 2.93. The van der Waals surface area contributed by atoms with Gasteiger partial charge in [0.1, 0.15) is 17.2 Å².